The number of carbonyl (C=O) groups excluding carboxylic acids is 1. The largest absolute Gasteiger partial charge is 0.312 e. The Bertz CT molecular complexity index is 998. The summed E-state index contributed by atoms with van der Waals surface area (Å²) in [5.41, 5.74) is 1.70. The van der Waals surface area contributed by atoms with Crippen molar-refractivity contribution in [1.29, 1.82) is 0 Å². The van der Waals surface area contributed by atoms with Crippen LogP contribution in [-0.4, -0.2) is 35.6 Å². The Labute approximate surface area is 158 Å². The molecule has 1 N–H and O–H groups in total. The number of benzene rings is 1. The summed E-state index contributed by atoms with van der Waals surface area (Å²) in [6.07, 6.45) is 3.13. The van der Waals surface area contributed by atoms with Crippen molar-refractivity contribution in [3.05, 3.63) is 35.4 Å². The van der Waals surface area contributed by atoms with Crippen LogP contribution in [0.4, 0.5) is 5.69 Å². The maximum atomic E-state index is 13.0. The van der Waals surface area contributed by atoms with Gasteiger partial charge in [-0.1, -0.05) is 0 Å². The van der Waals surface area contributed by atoms with Gasteiger partial charge in [0.05, 0.1) is 10.9 Å². The van der Waals surface area contributed by atoms with Gasteiger partial charge in [-0.25, -0.2) is 22.8 Å². The van der Waals surface area contributed by atoms with Gasteiger partial charge in [0.2, 0.25) is 15.9 Å². The zero-order chi connectivity index (χ0) is 19.2. The second-order valence-corrected chi connectivity index (χ2v) is 8.84. The van der Waals surface area contributed by atoms with Crippen LogP contribution in [0.1, 0.15) is 49.4 Å². The third-order valence-corrected chi connectivity index (χ3v) is 6.61. The maximum absolute atomic E-state index is 13.0. The summed E-state index contributed by atoms with van der Waals surface area (Å²) >= 11 is 0. The third kappa shape index (κ3) is 3.37. The van der Waals surface area contributed by atoms with Crippen LogP contribution >= 0.6 is 0 Å². The van der Waals surface area contributed by atoms with E-state index in [0.29, 0.717) is 24.6 Å². The molecule has 27 heavy (non-hydrogen) atoms. The Kier molecular flexibility index (Phi) is 4.51. The molecule has 0 bridgehead atoms. The number of aromatic nitrogens is 3. The summed E-state index contributed by atoms with van der Waals surface area (Å²) in [6.45, 7) is 4.77. The topological polar surface area (TPSA) is 97.2 Å². The second-order valence-electron chi connectivity index (χ2n) is 7.12. The molecule has 2 aliphatic rings. The number of amides is 1. The molecule has 9 heteroatoms. The van der Waals surface area contributed by atoms with Crippen LogP contribution in [0, 0.1) is 6.92 Å². The van der Waals surface area contributed by atoms with E-state index in [1.54, 1.807) is 34.7 Å². The molecule has 0 unspecified atom stereocenters. The summed E-state index contributed by atoms with van der Waals surface area (Å²) in [5, 5.41) is 4.32. The van der Waals surface area contributed by atoms with Gasteiger partial charge in [-0.3, -0.25) is 4.79 Å². The molecule has 0 fully saturated rings. The highest BCUT2D eigenvalue weighted by atomic mass is 32.2. The highest BCUT2D eigenvalue weighted by Gasteiger charge is 2.29. The lowest BCUT2D eigenvalue weighted by molar-refractivity contribution is -0.116. The first-order valence-corrected chi connectivity index (χ1v) is 10.7. The molecule has 8 nitrogen and oxygen atoms in total. The molecule has 1 amide bonds. The number of rotatable bonds is 3. The highest BCUT2D eigenvalue weighted by molar-refractivity contribution is 7.89. The molecule has 2 aliphatic heterocycles. The molecule has 2 aromatic rings. The first-order valence-electron chi connectivity index (χ1n) is 9.20. The fourth-order valence-electron chi connectivity index (χ4n) is 3.90. The second kappa shape index (κ2) is 6.72. The summed E-state index contributed by atoms with van der Waals surface area (Å²) < 4.78 is 30.5. The molecule has 4 rings (SSSR count). The third-order valence-electron chi connectivity index (χ3n) is 5.14. The fraction of sp³-hybridized carbons (Fsp3) is 0.500. The van der Waals surface area contributed by atoms with Crippen LogP contribution in [0.25, 0.3) is 0 Å². The van der Waals surface area contributed by atoms with Crippen LogP contribution in [0.2, 0.25) is 0 Å². The molecule has 0 spiro atoms. The average Bonchev–Trinajstić information content (AvgIpc) is 3.01. The molecule has 3 heterocycles. The van der Waals surface area contributed by atoms with Crippen molar-refractivity contribution in [2.24, 2.45) is 0 Å². The molecule has 1 aromatic heterocycles. The maximum Gasteiger partial charge on any atom is 0.241 e. The van der Waals surface area contributed by atoms with Crippen molar-refractivity contribution < 1.29 is 13.2 Å². The number of hydrogen-bond acceptors (Lipinski definition) is 5. The van der Waals surface area contributed by atoms with E-state index in [-0.39, 0.29) is 16.8 Å². The molecule has 144 valence electrons. The van der Waals surface area contributed by atoms with Crippen molar-refractivity contribution >= 4 is 21.6 Å². The summed E-state index contributed by atoms with van der Waals surface area (Å²) in [6, 6.07) is 4.61. The van der Waals surface area contributed by atoms with E-state index < -0.39 is 10.0 Å². The first-order chi connectivity index (χ1) is 12.8. The number of nitrogens with one attached hydrogen (secondary N) is 1. The molecular weight excluding hydrogens is 366 g/mol. The van der Waals surface area contributed by atoms with Gasteiger partial charge in [-0.2, -0.15) is 5.10 Å². The molecule has 0 saturated carbocycles. The summed E-state index contributed by atoms with van der Waals surface area (Å²) in [7, 11) is -3.70. The minimum Gasteiger partial charge on any atom is -0.312 e. The number of anilines is 1. The fourth-order valence-corrected chi connectivity index (χ4v) is 5.18. The Balaban J connectivity index is 1.63. The van der Waals surface area contributed by atoms with Crippen LogP contribution in [0.15, 0.2) is 23.1 Å². The normalized spacial score (nSPS) is 19.5. The molecule has 1 aromatic carbocycles. The van der Waals surface area contributed by atoms with Crippen molar-refractivity contribution in [2.45, 2.75) is 57.0 Å². The molecule has 0 aliphatic carbocycles. The quantitative estimate of drug-likeness (QED) is 0.862. The summed E-state index contributed by atoms with van der Waals surface area (Å²) in [4.78, 5) is 18.1. The van der Waals surface area contributed by atoms with E-state index in [4.69, 9.17) is 0 Å². The predicted molar refractivity (Wildman–Crippen MR) is 99.8 cm³/mol. The van der Waals surface area contributed by atoms with E-state index in [0.717, 1.165) is 37.1 Å². The number of fused-ring (bicyclic) bond motifs is 2. The van der Waals surface area contributed by atoms with E-state index in [2.05, 4.69) is 14.8 Å². The van der Waals surface area contributed by atoms with E-state index in [1.165, 1.54) is 6.92 Å². The van der Waals surface area contributed by atoms with Gasteiger partial charge in [0.1, 0.15) is 11.6 Å². The van der Waals surface area contributed by atoms with Gasteiger partial charge in [-0.15, -0.1) is 0 Å². The Morgan fingerprint density at radius 1 is 1.26 bits per heavy atom. The van der Waals surface area contributed by atoms with E-state index >= 15 is 0 Å². The van der Waals surface area contributed by atoms with Crippen LogP contribution in [0.5, 0.6) is 0 Å². The average molecular weight is 389 g/mol. The minimum atomic E-state index is -3.70. The monoisotopic (exact) mass is 389 g/mol. The SMILES string of the molecule is CC(=O)N1CCCc2cc(S(=O)(=O)N[C@H]3CCCn4nc(C)nc43)ccc21. The van der Waals surface area contributed by atoms with Gasteiger partial charge >= 0.3 is 0 Å². The number of nitrogens with zero attached hydrogens (tertiary/aromatic N) is 4. The van der Waals surface area contributed by atoms with Crippen molar-refractivity contribution in [2.75, 3.05) is 11.4 Å². The number of aryl methyl sites for hydroxylation is 3. The molecule has 0 saturated heterocycles. The highest BCUT2D eigenvalue weighted by Crippen LogP contribution is 2.31. The van der Waals surface area contributed by atoms with Crippen molar-refractivity contribution in [1.82, 2.24) is 19.5 Å². The lowest BCUT2D eigenvalue weighted by Gasteiger charge is -2.29. The first kappa shape index (κ1) is 18.1. The predicted octanol–water partition coefficient (Wildman–Crippen LogP) is 1.70. The zero-order valence-electron chi connectivity index (χ0n) is 15.5. The lowest BCUT2D eigenvalue weighted by Crippen LogP contribution is -2.35. The van der Waals surface area contributed by atoms with Gasteiger partial charge in [0.25, 0.3) is 0 Å². The smallest absolute Gasteiger partial charge is 0.241 e. The number of carbonyl (C=O) groups is 1. The number of hydrogen-bond donors (Lipinski definition) is 1. The molecule has 1 atom stereocenters. The standard InChI is InChI=1S/C18H23N5O3S/c1-12-19-18-16(6-4-10-23(18)20-12)21-27(25,26)15-7-8-17-14(11-15)5-3-9-22(17)13(2)24/h7-8,11,16,21H,3-6,9-10H2,1-2H3/t16-/m0/s1. The van der Waals surface area contributed by atoms with Crippen molar-refractivity contribution in [3.8, 4) is 0 Å². The van der Waals surface area contributed by atoms with Gasteiger partial charge in [0.15, 0.2) is 0 Å². The Morgan fingerprint density at radius 3 is 2.85 bits per heavy atom. The van der Waals surface area contributed by atoms with Crippen molar-refractivity contribution in [3.63, 3.8) is 0 Å². The van der Waals surface area contributed by atoms with Gasteiger partial charge in [-0.05, 0) is 56.4 Å². The lowest BCUT2D eigenvalue weighted by atomic mass is 10.0. The Hall–Kier alpha value is -2.26. The van der Waals surface area contributed by atoms with Gasteiger partial charge < -0.3 is 4.90 Å². The molecule has 0 radical (unpaired) electrons. The van der Waals surface area contributed by atoms with E-state index in [1.807, 2.05) is 0 Å². The van der Waals surface area contributed by atoms with Crippen LogP contribution < -0.4 is 9.62 Å². The Morgan fingerprint density at radius 2 is 2.07 bits per heavy atom. The zero-order valence-corrected chi connectivity index (χ0v) is 16.3. The van der Waals surface area contributed by atoms with Gasteiger partial charge in [0, 0.05) is 25.7 Å². The summed E-state index contributed by atoms with van der Waals surface area (Å²) in [5.74, 6) is 1.29. The molecular formula is C18H23N5O3S. The minimum absolute atomic E-state index is 0.0263. The van der Waals surface area contributed by atoms with Crippen LogP contribution in [0.3, 0.4) is 0 Å². The van der Waals surface area contributed by atoms with E-state index in [9.17, 15) is 13.2 Å². The number of sulfonamides is 1. The van der Waals surface area contributed by atoms with Crippen LogP contribution in [-0.2, 0) is 27.8 Å².